The Balaban J connectivity index is 0.705. The van der Waals surface area contributed by atoms with Crippen molar-refractivity contribution in [2.75, 3.05) is 96.8 Å². The molecule has 3 N–H and O–H groups in total. The predicted octanol–water partition coefficient (Wildman–Crippen LogP) is 6.74. The van der Waals surface area contributed by atoms with E-state index in [0.717, 1.165) is 143 Å². The molecule has 376 valence electrons. The number of imidazole rings is 1. The summed E-state index contributed by atoms with van der Waals surface area (Å²) in [5.74, 6) is 0.933. The van der Waals surface area contributed by atoms with Crippen LogP contribution in [0.4, 0.5) is 11.4 Å². The molecule has 2 amide bonds. The van der Waals surface area contributed by atoms with E-state index in [1.165, 1.54) is 26.8 Å². The van der Waals surface area contributed by atoms with Crippen LogP contribution in [0, 0.1) is 12.8 Å². The summed E-state index contributed by atoms with van der Waals surface area (Å²) in [6, 6.07) is 22.5. The van der Waals surface area contributed by atoms with E-state index in [1.54, 1.807) is 25.8 Å². The molecule has 71 heavy (non-hydrogen) atoms. The number of rotatable bonds is 17. The Morgan fingerprint density at radius 3 is 2.31 bits per heavy atom. The van der Waals surface area contributed by atoms with Crippen molar-refractivity contribution in [1.29, 1.82) is 0 Å². The fourth-order valence-electron chi connectivity index (χ4n) is 11.4. The molecule has 4 aliphatic heterocycles. The molecule has 2 unspecified atom stereocenters. The fraction of sp³-hybridized carbons (Fsp3) is 0.482. The number of aldehydes is 1. The number of nitrogens with zero attached hydrogens (tertiary/aromatic N) is 7. The molecule has 6 heterocycles. The number of likely N-dealkylation sites (N-methyl/N-ethyl adjacent to an activating group) is 1. The van der Waals surface area contributed by atoms with E-state index in [1.807, 2.05) is 18.3 Å². The van der Waals surface area contributed by atoms with Gasteiger partial charge in [-0.25, -0.2) is 4.79 Å². The second kappa shape index (κ2) is 22.5. The van der Waals surface area contributed by atoms with Gasteiger partial charge in [0.2, 0.25) is 5.91 Å². The molecular formula is C56H72N10O5. The minimum atomic E-state index is -0.746. The van der Waals surface area contributed by atoms with Crippen molar-refractivity contribution in [2.24, 2.45) is 13.0 Å². The first-order valence-corrected chi connectivity index (χ1v) is 25.7. The van der Waals surface area contributed by atoms with Gasteiger partial charge in [-0.3, -0.25) is 33.5 Å². The summed E-state index contributed by atoms with van der Waals surface area (Å²) in [4.78, 5) is 65.2. The van der Waals surface area contributed by atoms with Gasteiger partial charge in [0.15, 0.2) is 0 Å². The molecule has 0 radical (unpaired) electrons. The maximum atomic E-state index is 13.7. The number of ether oxygens (including phenoxy) is 1. The van der Waals surface area contributed by atoms with Crippen molar-refractivity contribution in [3.63, 3.8) is 0 Å². The topological polar surface area (TPSA) is 149 Å². The van der Waals surface area contributed by atoms with Crippen LogP contribution in [-0.4, -0.2) is 144 Å². The molecule has 15 nitrogen and oxygen atoms in total. The Bertz CT molecular complexity index is 2780. The third kappa shape index (κ3) is 11.3. The Morgan fingerprint density at radius 1 is 0.859 bits per heavy atom. The number of hydrogen-bond acceptors (Lipinski definition) is 11. The normalized spacial score (nSPS) is 19.1. The highest BCUT2D eigenvalue weighted by atomic mass is 16.5. The minimum Gasteiger partial charge on any atom is -0.381 e. The van der Waals surface area contributed by atoms with E-state index >= 15 is 0 Å². The van der Waals surface area contributed by atoms with Gasteiger partial charge < -0.3 is 35.3 Å². The zero-order valence-electron chi connectivity index (χ0n) is 42.3. The number of piperazine rings is 1. The number of pyridine rings is 1. The van der Waals surface area contributed by atoms with Gasteiger partial charge in [-0.1, -0.05) is 35.9 Å². The van der Waals surface area contributed by atoms with Gasteiger partial charge in [0.1, 0.15) is 18.5 Å². The van der Waals surface area contributed by atoms with Crippen LogP contribution in [-0.2, 0) is 27.9 Å². The van der Waals surface area contributed by atoms with Crippen molar-refractivity contribution >= 4 is 46.6 Å². The van der Waals surface area contributed by atoms with Crippen LogP contribution >= 0.6 is 0 Å². The van der Waals surface area contributed by atoms with Crippen molar-refractivity contribution in [2.45, 2.75) is 77.0 Å². The zero-order chi connectivity index (χ0) is 49.6. The average Bonchev–Trinajstić information content (AvgIpc) is 3.91. The molecule has 3 fully saturated rings. The number of likely N-dealkylation sites (tertiary alicyclic amines) is 2. The Morgan fingerprint density at radius 2 is 1.59 bits per heavy atom. The molecule has 15 heteroatoms. The quantitative estimate of drug-likeness (QED) is 0.0852. The van der Waals surface area contributed by atoms with Crippen molar-refractivity contribution in [3.8, 4) is 11.1 Å². The average molecular weight is 965 g/mol. The van der Waals surface area contributed by atoms with Gasteiger partial charge in [-0.05, 0) is 136 Å². The van der Waals surface area contributed by atoms with Crippen LogP contribution in [0.1, 0.15) is 90.2 Å². The van der Waals surface area contributed by atoms with Crippen LogP contribution in [0.25, 0.3) is 28.2 Å². The number of anilines is 2. The second-order valence-corrected chi connectivity index (χ2v) is 20.3. The lowest BCUT2D eigenvalue weighted by Crippen LogP contribution is -2.48. The van der Waals surface area contributed by atoms with Crippen LogP contribution in [0.5, 0.6) is 0 Å². The monoisotopic (exact) mass is 965 g/mol. The zero-order valence-corrected chi connectivity index (χ0v) is 42.3. The summed E-state index contributed by atoms with van der Waals surface area (Å²) in [6.07, 6.45) is 9.79. The van der Waals surface area contributed by atoms with Gasteiger partial charge in [-0.2, -0.15) is 0 Å². The summed E-state index contributed by atoms with van der Waals surface area (Å²) in [5.41, 5.74) is 12.5. The molecule has 3 saturated heterocycles. The third-order valence-electron chi connectivity index (χ3n) is 15.5. The molecule has 3 aromatic carbocycles. The van der Waals surface area contributed by atoms with Crippen molar-refractivity contribution < 1.29 is 19.1 Å². The maximum absolute atomic E-state index is 13.7. The number of amides is 2. The lowest BCUT2D eigenvalue weighted by atomic mass is 9.88. The highest BCUT2D eigenvalue weighted by molar-refractivity contribution is 5.94. The molecule has 0 spiro atoms. The van der Waals surface area contributed by atoms with Gasteiger partial charge in [0.05, 0.1) is 29.0 Å². The molecule has 0 bridgehead atoms. The summed E-state index contributed by atoms with van der Waals surface area (Å²) in [6.45, 7) is 15.3. The lowest BCUT2D eigenvalue weighted by Gasteiger charge is -2.39. The van der Waals surface area contributed by atoms with Gasteiger partial charge in [0.25, 0.3) is 5.91 Å². The van der Waals surface area contributed by atoms with E-state index < -0.39 is 6.04 Å². The summed E-state index contributed by atoms with van der Waals surface area (Å²) < 4.78 is 8.47. The third-order valence-corrected chi connectivity index (χ3v) is 15.5. The number of hydrogen-bond donors (Lipinski definition) is 3. The lowest BCUT2D eigenvalue weighted by molar-refractivity contribution is -0.124. The molecule has 0 saturated carbocycles. The van der Waals surface area contributed by atoms with Crippen LogP contribution in [0.15, 0.2) is 83.3 Å². The first-order valence-electron chi connectivity index (χ1n) is 25.7. The first kappa shape index (κ1) is 49.8. The van der Waals surface area contributed by atoms with Gasteiger partial charge >= 0.3 is 5.69 Å². The van der Waals surface area contributed by atoms with E-state index in [2.05, 4.69) is 115 Å². The Hall–Kier alpha value is -6.13. The van der Waals surface area contributed by atoms with E-state index in [0.29, 0.717) is 24.0 Å². The van der Waals surface area contributed by atoms with Gasteiger partial charge in [0, 0.05) is 110 Å². The van der Waals surface area contributed by atoms with Crippen LogP contribution < -0.4 is 21.6 Å². The SMILES string of the molecule is CNC(=O)C(CCC=O)n1c(=O)n(C)c2cc(CN3CCN(CC4CCN(C(=O)c5ccc(C6CCN(C/C(C)=C/c7c(-c8ccc9c(c8)NC(COC)N9)ccnc7C)CC6)cc5)CC4)CC3)ccc21. The number of piperidine rings is 2. The summed E-state index contributed by atoms with van der Waals surface area (Å²) >= 11 is 0. The first-order chi connectivity index (χ1) is 34.5. The molecule has 0 aliphatic carbocycles. The van der Waals surface area contributed by atoms with Gasteiger partial charge in [-0.15, -0.1) is 0 Å². The smallest absolute Gasteiger partial charge is 0.329 e. The molecule has 5 aromatic rings. The minimum absolute atomic E-state index is 0.0680. The number of nitrogens with one attached hydrogen (secondary N) is 3. The Labute approximate surface area is 418 Å². The van der Waals surface area contributed by atoms with E-state index in [4.69, 9.17) is 4.74 Å². The van der Waals surface area contributed by atoms with Crippen molar-refractivity contribution in [1.82, 2.24) is 39.0 Å². The Kier molecular flexibility index (Phi) is 15.8. The van der Waals surface area contributed by atoms with E-state index in [9.17, 15) is 19.2 Å². The number of aryl methyl sites for hydroxylation is 2. The van der Waals surface area contributed by atoms with Crippen LogP contribution in [0.2, 0.25) is 0 Å². The molecule has 2 atom stereocenters. The maximum Gasteiger partial charge on any atom is 0.329 e. The van der Waals surface area contributed by atoms with Crippen molar-refractivity contribution in [3.05, 3.63) is 117 Å². The molecule has 9 rings (SSSR count). The standard InChI is InChI=1S/C56H72N10O5/c1-38(31-47-39(2)58-21-16-46(47)45-13-14-48-49(33-45)60-53(59-48)37-71-5)34-62-22-19-43(20-23-62)42-9-11-44(12-10-42)55(69)65-24-17-40(18-25-65)35-63-26-28-64(29-27-63)36-41-8-15-50-52(32-41)61(4)56(70)66(50)51(7-6-30-67)54(68)57-3/h8-16,21,30-33,40,43,51,53,59-60H,6-7,17-20,22-29,34-37H2,1-5H3,(H,57,68)/b38-31+. The van der Waals surface area contributed by atoms with Crippen LogP contribution in [0.3, 0.4) is 0 Å². The number of fused-ring (bicyclic) bond motifs is 2. The summed E-state index contributed by atoms with van der Waals surface area (Å²) in [5, 5.41) is 9.66. The van der Waals surface area contributed by atoms with E-state index in [-0.39, 0.29) is 36.5 Å². The largest absolute Gasteiger partial charge is 0.381 e. The number of methoxy groups -OCH3 is 1. The molecule has 2 aromatic heterocycles. The number of carbonyl (C=O) groups is 3. The number of carbonyl (C=O) groups excluding carboxylic acids is 3. The fourth-order valence-corrected chi connectivity index (χ4v) is 11.4. The molecule has 4 aliphatic rings. The molecular weight excluding hydrogens is 893 g/mol. The summed E-state index contributed by atoms with van der Waals surface area (Å²) in [7, 11) is 5.00. The number of benzene rings is 3. The highest BCUT2D eigenvalue weighted by Crippen LogP contribution is 2.36. The predicted molar refractivity (Wildman–Crippen MR) is 282 cm³/mol. The second-order valence-electron chi connectivity index (χ2n) is 20.3. The highest BCUT2D eigenvalue weighted by Gasteiger charge is 2.29. The number of aromatic nitrogens is 3.